The van der Waals surface area contributed by atoms with Gasteiger partial charge in [-0.15, -0.1) is 0 Å². The van der Waals surface area contributed by atoms with Crippen molar-refractivity contribution in [3.63, 3.8) is 0 Å². The Hall–Kier alpha value is -3.48. The van der Waals surface area contributed by atoms with Gasteiger partial charge in [0.05, 0.1) is 23.1 Å². The summed E-state index contributed by atoms with van der Waals surface area (Å²) in [5.41, 5.74) is 1.74. The molecule has 0 unspecified atom stereocenters. The van der Waals surface area contributed by atoms with Crippen molar-refractivity contribution in [1.29, 1.82) is 0 Å². The quantitative estimate of drug-likeness (QED) is 0.675. The first-order chi connectivity index (χ1) is 13.1. The Kier molecular flexibility index (Phi) is 5.61. The zero-order valence-corrected chi connectivity index (χ0v) is 15.1. The van der Waals surface area contributed by atoms with Gasteiger partial charge in [0, 0.05) is 5.69 Å². The maximum Gasteiger partial charge on any atom is 0.338 e. The third-order valence-corrected chi connectivity index (χ3v) is 3.70. The number of amides is 1. The van der Waals surface area contributed by atoms with Gasteiger partial charge in [0.1, 0.15) is 5.82 Å². The standard InChI is InChI=1S/C20H19N3O4/c1-3-26-20(25)14-8-10-15(11-9-14)23-18(24)12-27-19-16-6-4-5-7-17(16)21-13(2)22-19/h4-11H,3,12H2,1-2H3,(H,23,24). The second-order valence-corrected chi connectivity index (χ2v) is 5.73. The van der Waals surface area contributed by atoms with E-state index < -0.39 is 5.97 Å². The first kappa shape index (κ1) is 18.3. The predicted molar refractivity (Wildman–Crippen MR) is 101 cm³/mol. The lowest BCUT2D eigenvalue weighted by Gasteiger charge is -2.10. The van der Waals surface area contributed by atoms with Crippen molar-refractivity contribution in [2.45, 2.75) is 13.8 Å². The molecular formula is C20H19N3O4. The first-order valence-corrected chi connectivity index (χ1v) is 8.50. The highest BCUT2D eigenvalue weighted by atomic mass is 16.5. The second kappa shape index (κ2) is 8.27. The largest absolute Gasteiger partial charge is 0.467 e. The van der Waals surface area contributed by atoms with Gasteiger partial charge in [-0.1, -0.05) is 12.1 Å². The Labute approximate surface area is 156 Å². The maximum atomic E-state index is 12.2. The molecule has 7 heteroatoms. The average Bonchev–Trinajstić information content (AvgIpc) is 2.66. The zero-order chi connectivity index (χ0) is 19.2. The summed E-state index contributed by atoms with van der Waals surface area (Å²) >= 11 is 0. The zero-order valence-electron chi connectivity index (χ0n) is 15.1. The van der Waals surface area contributed by atoms with Gasteiger partial charge in [-0.2, -0.15) is 4.98 Å². The van der Waals surface area contributed by atoms with Gasteiger partial charge in [-0.25, -0.2) is 9.78 Å². The molecule has 0 atom stereocenters. The van der Waals surface area contributed by atoms with Crippen molar-refractivity contribution in [3.05, 3.63) is 59.9 Å². The van der Waals surface area contributed by atoms with Crippen LogP contribution in [0.1, 0.15) is 23.1 Å². The Bertz CT molecular complexity index is 971. The van der Waals surface area contributed by atoms with Crippen LogP contribution in [0, 0.1) is 6.92 Å². The van der Waals surface area contributed by atoms with E-state index in [4.69, 9.17) is 9.47 Å². The van der Waals surface area contributed by atoms with E-state index in [0.717, 1.165) is 10.9 Å². The van der Waals surface area contributed by atoms with Crippen LogP contribution in [0.15, 0.2) is 48.5 Å². The van der Waals surface area contributed by atoms with Gasteiger partial charge in [0.15, 0.2) is 6.61 Å². The number of nitrogens with one attached hydrogen (secondary N) is 1. The molecule has 0 spiro atoms. The molecule has 3 aromatic rings. The van der Waals surface area contributed by atoms with Crippen LogP contribution in [0.25, 0.3) is 10.9 Å². The van der Waals surface area contributed by atoms with Crippen LogP contribution in [0.2, 0.25) is 0 Å². The Morgan fingerprint density at radius 1 is 1.04 bits per heavy atom. The van der Waals surface area contributed by atoms with E-state index in [0.29, 0.717) is 29.6 Å². The molecule has 1 heterocycles. The molecule has 0 bridgehead atoms. The summed E-state index contributed by atoms with van der Waals surface area (Å²) < 4.78 is 10.5. The fraction of sp³-hybridized carbons (Fsp3) is 0.200. The van der Waals surface area contributed by atoms with Crippen molar-refractivity contribution in [2.24, 2.45) is 0 Å². The van der Waals surface area contributed by atoms with Gasteiger partial charge in [-0.3, -0.25) is 4.79 Å². The molecule has 3 rings (SSSR count). The maximum absolute atomic E-state index is 12.2. The number of rotatable bonds is 6. The lowest BCUT2D eigenvalue weighted by Crippen LogP contribution is -2.20. The minimum atomic E-state index is -0.398. The molecule has 1 N–H and O–H groups in total. The normalized spacial score (nSPS) is 10.4. The van der Waals surface area contributed by atoms with Crippen LogP contribution in [0.4, 0.5) is 5.69 Å². The predicted octanol–water partition coefficient (Wildman–Crippen LogP) is 3.13. The van der Waals surface area contributed by atoms with E-state index in [9.17, 15) is 9.59 Å². The number of ether oxygens (including phenoxy) is 2. The number of fused-ring (bicyclic) bond motifs is 1. The number of anilines is 1. The number of nitrogens with zero attached hydrogens (tertiary/aromatic N) is 2. The molecule has 0 aliphatic rings. The molecule has 0 saturated carbocycles. The van der Waals surface area contributed by atoms with Crippen molar-refractivity contribution in [1.82, 2.24) is 9.97 Å². The molecule has 0 saturated heterocycles. The number of carbonyl (C=O) groups excluding carboxylic acids is 2. The van der Waals surface area contributed by atoms with Gasteiger partial charge in [0.2, 0.25) is 5.88 Å². The molecule has 0 aliphatic carbocycles. The van der Waals surface area contributed by atoms with Crippen LogP contribution >= 0.6 is 0 Å². The third-order valence-electron chi connectivity index (χ3n) is 3.70. The van der Waals surface area contributed by atoms with E-state index in [-0.39, 0.29) is 12.5 Å². The summed E-state index contributed by atoms with van der Waals surface area (Å²) in [6.45, 7) is 3.63. The van der Waals surface area contributed by atoms with Crippen LogP contribution in [0.5, 0.6) is 5.88 Å². The average molecular weight is 365 g/mol. The van der Waals surface area contributed by atoms with Crippen molar-refractivity contribution in [2.75, 3.05) is 18.5 Å². The molecule has 0 aliphatic heterocycles. The van der Waals surface area contributed by atoms with Crippen LogP contribution in [0.3, 0.4) is 0 Å². The number of para-hydroxylation sites is 1. The SMILES string of the molecule is CCOC(=O)c1ccc(NC(=O)COc2nc(C)nc3ccccc23)cc1. The smallest absolute Gasteiger partial charge is 0.338 e. The van der Waals surface area contributed by atoms with E-state index >= 15 is 0 Å². The van der Waals surface area contributed by atoms with Crippen molar-refractivity contribution in [3.8, 4) is 5.88 Å². The number of hydrogen-bond acceptors (Lipinski definition) is 6. The second-order valence-electron chi connectivity index (χ2n) is 5.73. The minimum absolute atomic E-state index is 0.194. The van der Waals surface area contributed by atoms with Gasteiger partial charge < -0.3 is 14.8 Å². The topological polar surface area (TPSA) is 90.4 Å². The third kappa shape index (κ3) is 4.58. The Balaban J connectivity index is 1.63. The fourth-order valence-corrected chi connectivity index (χ4v) is 2.50. The van der Waals surface area contributed by atoms with Gasteiger partial charge in [0.25, 0.3) is 5.91 Å². The van der Waals surface area contributed by atoms with Crippen LogP contribution in [-0.4, -0.2) is 35.1 Å². The number of aromatic nitrogens is 2. The van der Waals surface area contributed by atoms with Crippen molar-refractivity contribution < 1.29 is 19.1 Å². The monoisotopic (exact) mass is 365 g/mol. The van der Waals surface area contributed by atoms with E-state index in [1.807, 2.05) is 24.3 Å². The molecule has 138 valence electrons. The lowest BCUT2D eigenvalue weighted by molar-refractivity contribution is -0.118. The first-order valence-electron chi connectivity index (χ1n) is 8.50. The molecule has 0 radical (unpaired) electrons. The molecule has 7 nitrogen and oxygen atoms in total. The van der Waals surface area contributed by atoms with Crippen LogP contribution in [-0.2, 0) is 9.53 Å². The van der Waals surface area contributed by atoms with E-state index in [1.54, 1.807) is 38.1 Å². The summed E-state index contributed by atoms with van der Waals surface area (Å²) in [5.74, 6) is 0.202. The molecule has 1 aromatic heterocycles. The number of aryl methyl sites for hydroxylation is 1. The summed E-state index contributed by atoms with van der Waals surface area (Å²) in [4.78, 5) is 32.4. The fourth-order valence-electron chi connectivity index (χ4n) is 2.50. The molecule has 2 aromatic carbocycles. The van der Waals surface area contributed by atoms with Gasteiger partial charge in [-0.05, 0) is 50.2 Å². The van der Waals surface area contributed by atoms with E-state index in [1.165, 1.54) is 0 Å². The van der Waals surface area contributed by atoms with E-state index in [2.05, 4.69) is 15.3 Å². The highest BCUT2D eigenvalue weighted by Gasteiger charge is 2.10. The number of carbonyl (C=O) groups is 2. The number of benzene rings is 2. The Morgan fingerprint density at radius 2 is 1.78 bits per heavy atom. The lowest BCUT2D eigenvalue weighted by atomic mass is 10.2. The molecule has 27 heavy (non-hydrogen) atoms. The van der Waals surface area contributed by atoms with Gasteiger partial charge >= 0.3 is 5.97 Å². The minimum Gasteiger partial charge on any atom is -0.467 e. The number of esters is 1. The molecule has 1 amide bonds. The number of hydrogen-bond donors (Lipinski definition) is 1. The summed E-state index contributed by atoms with van der Waals surface area (Å²) in [5, 5.41) is 3.46. The van der Waals surface area contributed by atoms with Crippen LogP contribution < -0.4 is 10.1 Å². The molecule has 0 fully saturated rings. The highest BCUT2D eigenvalue weighted by Crippen LogP contribution is 2.22. The summed E-state index contributed by atoms with van der Waals surface area (Å²) in [6.07, 6.45) is 0. The summed E-state index contributed by atoms with van der Waals surface area (Å²) in [7, 11) is 0. The summed E-state index contributed by atoms with van der Waals surface area (Å²) in [6, 6.07) is 13.9. The molecular weight excluding hydrogens is 346 g/mol. The highest BCUT2D eigenvalue weighted by molar-refractivity contribution is 5.94. The Morgan fingerprint density at radius 3 is 2.52 bits per heavy atom. The van der Waals surface area contributed by atoms with Crippen molar-refractivity contribution >= 4 is 28.5 Å².